The van der Waals surface area contributed by atoms with Crippen molar-refractivity contribution in [2.75, 3.05) is 19.8 Å². The van der Waals surface area contributed by atoms with Gasteiger partial charge in [0.25, 0.3) is 0 Å². The van der Waals surface area contributed by atoms with Crippen LogP contribution in [0.3, 0.4) is 0 Å². The first-order valence-corrected chi connectivity index (χ1v) is 22.3. The molecule has 0 aliphatic carbocycles. The summed E-state index contributed by atoms with van der Waals surface area (Å²) in [5.74, 6) is -0.947. The van der Waals surface area contributed by atoms with Gasteiger partial charge in [-0.3, -0.25) is 9.59 Å². The Morgan fingerprint density at radius 3 is 1.58 bits per heavy atom. The minimum Gasteiger partial charge on any atom is -0.462 e. The number of aliphatic hydroxyl groups excluding tert-OH is 4. The molecular formula is C49H78O10. The second kappa shape index (κ2) is 38.8. The van der Waals surface area contributed by atoms with Gasteiger partial charge in [0.15, 0.2) is 12.4 Å². The third kappa shape index (κ3) is 30.3. The molecule has 0 saturated carbocycles. The number of rotatable bonds is 35. The number of esters is 2. The van der Waals surface area contributed by atoms with Crippen LogP contribution in [0.4, 0.5) is 0 Å². The summed E-state index contributed by atoms with van der Waals surface area (Å²) in [4.78, 5) is 25.3. The number of carbonyl (C=O) groups excluding carboxylic acids is 2. The maximum absolute atomic E-state index is 12.7. The second-order valence-electron chi connectivity index (χ2n) is 14.8. The Hall–Kier alpha value is -3.38. The number of aliphatic hydroxyl groups is 4. The maximum Gasteiger partial charge on any atom is 0.306 e. The van der Waals surface area contributed by atoms with Crippen molar-refractivity contribution >= 4 is 11.9 Å². The van der Waals surface area contributed by atoms with E-state index < -0.39 is 55.4 Å². The van der Waals surface area contributed by atoms with E-state index in [9.17, 15) is 30.0 Å². The van der Waals surface area contributed by atoms with E-state index in [0.29, 0.717) is 12.8 Å². The van der Waals surface area contributed by atoms with Crippen LogP contribution < -0.4 is 0 Å². The predicted octanol–water partition coefficient (Wildman–Crippen LogP) is 9.55. The minimum absolute atomic E-state index is 0.108. The van der Waals surface area contributed by atoms with Gasteiger partial charge in [-0.15, -0.1) is 0 Å². The van der Waals surface area contributed by atoms with Crippen LogP contribution in [0.5, 0.6) is 0 Å². The summed E-state index contributed by atoms with van der Waals surface area (Å²) in [6, 6.07) is 0. The zero-order chi connectivity index (χ0) is 43.0. The molecule has 1 heterocycles. The van der Waals surface area contributed by atoms with Crippen molar-refractivity contribution in [3.05, 3.63) is 97.2 Å². The van der Waals surface area contributed by atoms with E-state index in [4.69, 9.17) is 18.9 Å². The molecule has 59 heavy (non-hydrogen) atoms. The first-order valence-electron chi connectivity index (χ1n) is 22.3. The molecule has 334 valence electrons. The lowest BCUT2D eigenvalue weighted by atomic mass is 9.99. The summed E-state index contributed by atoms with van der Waals surface area (Å²) in [6.45, 7) is 3.17. The van der Waals surface area contributed by atoms with Crippen LogP contribution in [-0.2, 0) is 28.5 Å². The molecule has 1 aliphatic rings. The fourth-order valence-electron chi connectivity index (χ4n) is 5.95. The number of allylic oxidation sites excluding steroid dienone is 16. The summed E-state index contributed by atoms with van der Waals surface area (Å²) < 4.78 is 22.0. The van der Waals surface area contributed by atoms with E-state index >= 15 is 0 Å². The monoisotopic (exact) mass is 827 g/mol. The van der Waals surface area contributed by atoms with E-state index in [2.05, 4.69) is 98.9 Å². The van der Waals surface area contributed by atoms with Crippen LogP contribution in [0.25, 0.3) is 0 Å². The molecule has 10 heteroatoms. The molecule has 1 rings (SSSR count). The standard InChI is InChI=1S/C49H78O10/c1-3-5-7-9-11-13-15-17-18-19-20-21-22-23-24-26-27-29-31-33-35-37-44(51)56-40-42(41-57-49-48(55)47(54)46(53)43(39-50)59-49)58-45(52)38-36-34-32-30-28-25-16-14-12-10-8-6-4-2/h5,7,11,13,17-18,20-21,23-25,27-29,32,34,42-43,46-50,53-55H,3-4,6,8-10,12,14-16,19,22,26,30-31,33,35-41H2,1-2H3/b7-5+,13-11+,18-17+,21-20+,24-23+,28-25+,29-27+,34-32+/t42?,43-,46+,47?,48?,49-/m0/s1. The molecular weight excluding hydrogens is 749 g/mol. The fourth-order valence-corrected chi connectivity index (χ4v) is 5.95. The second-order valence-corrected chi connectivity index (χ2v) is 14.8. The summed E-state index contributed by atoms with van der Waals surface area (Å²) in [7, 11) is 0. The van der Waals surface area contributed by atoms with Crippen LogP contribution in [0.2, 0.25) is 0 Å². The van der Waals surface area contributed by atoms with Gasteiger partial charge >= 0.3 is 11.9 Å². The number of hydrogen-bond donors (Lipinski definition) is 4. The van der Waals surface area contributed by atoms with Gasteiger partial charge in [-0.1, -0.05) is 143 Å². The molecule has 0 bridgehead atoms. The summed E-state index contributed by atoms with van der Waals surface area (Å²) >= 11 is 0. The Balaban J connectivity index is 2.40. The number of ether oxygens (including phenoxy) is 4. The smallest absolute Gasteiger partial charge is 0.306 e. The van der Waals surface area contributed by atoms with Gasteiger partial charge in [0.1, 0.15) is 31.0 Å². The Morgan fingerprint density at radius 2 is 1.03 bits per heavy atom. The topological polar surface area (TPSA) is 152 Å². The van der Waals surface area contributed by atoms with Crippen molar-refractivity contribution in [1.82, 2.24) is 0 Å². The van der Waals surface area contributed by atoms with E-state index in [0.717, 1.165) is 64.2 Å². The Labute approximate surface area is 356 Å². The van der Waals surface area contributed by atoms with Gasteiger partial charge in [-0.25, -0.2) is 0 Å². The zero-order valence-electron chi connectivity index (χ0n) is 36.2. The van der Waals surface area contributed by atoms with Crippen molar-refractivity contribution in [3.63, 3.8) is 0 Å². The third-order valence-electron chi connectivity index (χ3n) is 9.47. The van der Waals surface area contributed by atoms with Crippen molar-refractivity contribution in [1.29, 1.82) is 0 Å². The van der Waals surface area contributed by atoms with E-state index in [1.165, 1.54) is 38.5 Å². The molecule has 1 fully saturated rings. The average Bonchev–Trinajstić information content (AvgIpc) is 3.23. The van der Waals surface area contributed by atoms with Crippen LogP contribution in [-0.4, -0.2) is 89.0 Å². The number of hydrogen-bond acceptors (Lipinski definition) is 10. The van der Waals surface area contributed by atoms with Crippen LogP contribution in [0.15, 0.2) is 97.2 Å². The molecule has 4 N–H and O–H groups in total. The SMILES string of the molecule is CC/C=C/C/C=C/C/C=C/C/C=C/C/C=C/C/C=C/CCCCC(=O)OCC(CO[C@H]1O[C@@H](CO)[C@@H](O)C(O)C1O)OC(=O)CC/C=C/C/C=C/CCCCCCCC. The maximum atomic E-state index is 12.7. The van der Waals surface area contributed by atoms with Crippen molar-refractivity contribution < 1.29 is 49.0 Å². The zero-order valence-corrected chi connectivity index (χ0v) is 36.2. The summed E-state index contributed by atoms with van der Waals surface area (Å²) in [5, 5.41) is 40.0. The van der Waals surface area contributed by atoms with Gasteiger partial charge in [0, 0.05) is 12.8 Å². The lowest BCUT2D eigenvalue weighted by molar-refractivity contribution is -0.305. The van der Waals surface area contributed by atoms with E-state index in [1.54, 1.807) is 0 Å². The molecule has 0 radical (unpaired) electrons. The number of carbonyl (C=O) groups is 2. The lowest BCUT2D eigenvalue weighted by Gasteiger charge is -2.39. The van der Waals surface area contributed by atoms with E-state index in [1.807, 2.05) is 12.2 Å². The first kappa shape index (κ1) is 53.6. The highest BCUT2D eigenvalue weighted by atomic mass is 16.7. The van der Waals surface area contributed by atoms with Crippen LogP contribution >= 0.6 is 0 Å². The van der Waals surface area contributed by atoms with E-state index in [-0.39, 0.29) is 26.1 Å². The fraction of sp³-hybridized carbons (Fsp3) is 0.633. The molecule has 6 atom stereocenters. The quantitative estimate of drug-likeness (QED) is 0.0276. The van der Waals surface area contributed by atoms with Crippen molar-refractivity contribution in [2.45, 2.75) is 179 Å². The first-order chi connectivity index (χ1) is 28.8. The highest BCUT2D eigenvalue weighted by molar-refractivity contribution is 5.70. The highest BCUT2D eigenvalue weighted by Crippen LogP contribution is 2.22. The van der Waals surface area contributed by atoms with Crippen LogP contribution in [0.1, 0.15) is 142 Å². The predicted molar refractivity (Wildman–Crippen MR) is 237 cm³/mol. The number of unbranched alkanes of at least 4 members (excludes halogenated alkanes) is 8. The van der Waals surface area contributed by atoms with Gasteiger partial charge in [-0.05, 0) is 83.5 Å². The normalized spacial score (nSPS) is 20.9. The Morgan fingerprint density at radius 1 is 0.542 bits per heavy atom. The summed E-state index contributed by atoms with van der Waals surface area (Å²) in [5.41, 5.74) is 0. The van der Waals surface area contributed by atoms with Gasteiger partial charge in [0.05, 0.1) is 13.2 Å². The molecule has 1 aliphatic heterocycles. The largest absolute Gasteiger partial charge is 0.462 e. The molecule has 0 spiro atoms. The molecule has 1 saturated heterocycles. The average molecular weight is 827 g/mol. The molecule has 0 aromatic carbocycles. The molecule has 10 nitrogen and oxygen atoms in total. The third-order valence-corrected chi connectivity index (χ3v) is 9.47. The van der Waals surface area contributed by atoms with Gasteiger partial charge in [0.2, 0.25) is 0 Å². The summed E-state index contributed by atoms with van der Waals surface area (Å²) in [6.07, 6.45) is 44.3. The lowest BCUT2D eigenvalue weighted by Crippen LogP contribution is -2.59. The van der Waals surface area contributed by atoms with Crippen LogP contribution in [0, 0.1) is 0 Å². The Bertz CT molecular complexity index is 1280. The molecule has 0 aromatic heterocycles. The highest BCUT2D eigenvalue weighted by Gasteiger charge is 2.44. The van der Waals surface area contributed by atoms with Crippen molar-refractivity contribution in [3.8, 4) is 0 Å². The van der Waals surface area contributed by atoms with Crippen molar-refractivity contribution in [2.24, 2.45) is 0 Å². The Kier molecular flexibility index (Phi) is 35.3. The molecule has 0 amide bonds. The van der Waals surface area contributed by atoms with Gasteiger partial charge < -0.3 is 39.4 Å². The minimum atomic E-state index is -1.62. The molecule has 3 unspecified atom stereocenters. The van der Waals surface area contributed by atoms with Gasteiger partial charge in [-0.2, -0.15) is 0 Å². The molecule has 0 aromatic rings.